The number of anilines is 1. The van der Waals surface area contributed by atoms with Gasteiger partial charge in [-0.2, -0.15) is 0 Å². The molecule has 0 fully saturated rings. The summed E-state index contributed by atoms with van der Waals surface area (Å²) in [5.74, 6) is 0. The number of hydrogen-bond donors (Lipinski definition) is 1. The van der Waals surface area contributed by atoms with Crippen LogP contribution in [-0.2, 0) is 13.5 Å². The van der Waals surface area contributed by atoms with Crippen LogP contribution >= 0.6 is 0 Å². The van der Waals surface area contributed by atoms with Crippen LogP contribution in [0.2, 0.25) is 0 Å². The molecule has 0 spiro atoms. The fourth-order valence-electron chi connectivity index (χ4n) is 2.67. The quantitative estimate of drug-likeness (QED) is 0.691. The van der Waals surface area contributed by atoms with Crippen LogP contribution in [0.4, 0.5) is 5.69 Å². The Kier molecular flexibility index (Phi) is 2.79. The Morgan fingerprint density at radius 2 is 1.79 bits per heavy atom. The average Bonchev–Trinajstić information content (AvgIpc) is 2.73. The van der Waals surface area contributed by atoms with Gasteiger partial charge in [0, 0.05) is 36.3 Å². The Morgan fingerprint density at radius 3 is 2.63 bits per heavy atom. The minimum atomic E-state index is 0.884. The van der Waals surface area contributed by atoms with Crippen LogP contribution in [-0.4, -0.2) is 4.57 Å². The van der Waals surface area contributed by atoms with Crippen molar-refractivity contribution in [3.05, 3.63) is 65.4 Å². The minimum absolute atomic E-state index is 0.884. The molecule has 0 radical (unpaired) electrons. The van der Waals surface area contributed by atoms with Gasteiger partial charge in [-0.3, -0.25) is 0 Å². The first kappa shape index (κ1) is 11.8. The van der Waals surface area contributed by atoms with Crippen LogP contribution in [0, 0.1) is 6.92 Å². The number of fused-ring (bicyclic) bond motifs is 1. The van der Waals surface area contributed by atoms with E-state index >= 15 is 0 Å². The fourth-order valence-corrected chi connectivity index (χ4v) is 2.67. The molecule has 19 heavy (non-hydrogen) atoms. The van der Waals surface area contributed by atoms with Crippen molar-refractivity contribution in [2.45, 2.75) is 13.3 Å². The van der Waals surface area contributed by atoms with Gasteiger partial charge in [0.25, 0.3) is 0 Å². The Labute approximate surface area is 113 Å². The minimum Gasteiger partial charge on any atom is -0.398 e. The lowest BCUT2D eigenvalue weighted by Gasteiger charge is -2.07. The highest BCUT2D eigenvalue weighted by molar-refractivity contribution is 5.84. The predicted octanol–water partition coefficient (Wildman–Crippen LogP) is 3.66. The number of para-hydroxylation sites is 2. The first-order chi connectivity index (χ1) is 9.16. The maximum atomic E-state index is 6.17. The second-order valence-corrected chi connectivity index (χ2v) is 5.11. The van der Waals surface area contributed by atoms with Crippen molar-refractivity contribution < 1.29 is 0 Å². The van der Waals surface area contributed by atoms with Crippen LogP contribution in [0.3, 0.4) is 0 Å². The molecule has 0 atom stereocenters. The molecule has 3 aromatic rings. The van der Waals surface area contributed by atoms with E-state index in [0.717, 1.165) is 17.7 Å². The molecule has 96 valence electrons. The van der Waals surface area contributed by atoms with Gasteiger partial charge in [0.2, 0.25) is 0 Å². The van der Waals surface area contributed by atoms with E-state index in [1.54, 1.807) is 0 Å². The highest BCUT2D eigenvalue weighted by atomic mass is 14.9. The Balaban J connectivity index is 2.09. The van der Waals surface area contributed by atoms with E-state index in [9.17, 15) is 0 Å². The van der Waals surface area contributed by atoms with Crippen LogP contribution in [0.1, 0.15) is 16.7 Å². The summed E-state index contributed by atoms with van der Waals surface area (Å²) in [5, 5.41) is 1.31. The molecule has 1 aromatic heterocycles. The van der Waals surface area contributed by atoms with E-state index in [4.69, 9.17) is 5.73 Å². The van der Waals surface area contributed by atoms with Crippen molar-refractivity contribution in [1.29, 1.82) is 0 Å². The first-order valence-corrected chi connectivity index (χ1v) is 6.53. The zero-order chi connectivity index (χ0) is 13.4. The molecule has 0 bridgehead atoms. The van der Waals surface area contributed by atoms with Gasteiger partial charge in [-0.05, 0) is 29.7 Å². The lowest BCUT2D eigenvalue weighted by molar-refractivity contribution is 0.958. The summed E-state index contributed by atoms with van der Waals surface area (Å²) < 4.78 is 2.18. The number of aromatic nitrogens is 1. The summed E-state index contributed by atoms with van der Waals surface area (Å²) in [7, 11) is 2.09. The van der Waals surface area contributed by atoms with Crippen molar-refractivity contribution in [3.8, 4) is 0 Å². The maximum absolute atomic E-state index is 6.17. The van der Waals surface area contributed by atoms with E-state index in [0.29, 0.717) is 0 Å². The predicted molar refractivity (Wildman–Crippen MR) is 81.3 cm³/mol. The molecule has 0 aliphatic carbocycles. The van der Waals surface area contributed by atoms with Gasteiger partial charge in [0.05, 0.1) is 0 Å². The van der Waals surface area contributed by atoms with Crippen LogP contribution < -0.4 is 5.73 Å². The molecule has 2 aromatic carbocycles. The lowest BCUT2D eigenvalue weighted by atomic mass is 10.0. The van der Waals surface area contributed by atoms with Gasteiger partial charge in [-0.25, -0.2) is 0 Å². The zero-order valence-corrected chi connectivity index (χ0v) is 11.4. The molecule has 0 aliphatic heterocycles. The molecule has 0 saturated heterocycles. The van der Waals surface area contributed by atoms with Gasteiger partial charge < -0.3 is 10.3 Å². The monoisotopic (exact) mass is 250 g/mol. The SMILES string of the molecule is Cc1cccc(Cc2cn(C)c3ccccc23)c1N. The highest BCUT2D eigenvalue weighted by Crippen LogP contribution is 2.26. The topological polar surface area (TPSA) is 30.9 Å². The smallest absolute Gasteiger partial charge is 0.0480 e. The molecule has 2 nitrogen and oxygen atoms in total. The molecule has 0 unspecified atom stereocenters. The number of hydrogen-bond acceptors (Lipinski definition) is 1. The molecule has 0 saturated carbocycles. The lowest BCUT2D eigenvalue weighted by Crippen LogP contribution is -1.97. The normalized spacial score (nSPS) is 11.1. The van der Waals surface area contributed by atoms with Crippen LogP contribution in [0.5, 0.6) is 0 Å². The van der Waals surface area contributed by atoms with Gasteiger partial charge >= 0.3 is 0 Å². The number of benzene rings is 2. The Bertz CT molecular complexity index is 738. The fraction of sp³-hybridized carbons (Fsp3) is 0.176. The third-order valence-electron chi connectivity index (χ3n) is 3.77. The second-order valence-electron chi connectivity index (χ2n) is 5.11. The molecule has 2 heteroatoms. The van der Waals surface area contributed by atoms with E-state index in [1.165, 1.54) is 22.0 Å². The van der Waals surface area contributed by atoms with Crippen molar-refractivity contribution in [3.63, 3.8) is 0 Å². The maximum Gasteiger partial charge on any atom is 0.0480 e. The van der Waals surface area contributed by atoms with Gasteiger partial charge in [-0.15, -0.1) is 0 Å². The average molecular weight is 250 g/mol. The molecule has 0 aliphatic rings. The van der Waals surface area contributed by atoms with Gasteiger partial charge in [-0.1, -0.05) is 36.4 Å². The number of rotatable bonds is 2. The van der Waals surface area contributed by atoms with E-state index in [-0.39, 0.29) is 0 Å². The van der Waals surface area contributed by atoms with Crippen molar-refractivity contribution in [1.82, 2.24) is 4.57 Å². The second kappa shape index (κ2) is 4.47. The summed E-state index contributed by atoms with van der Waals surface area (Å²) in [4.78, 5) is 0. The third kappa shape index (κ3) is 1.99. The standard InChI is InChI=1S/C17H18N2/c1-12-6-5-7-13(17(12)18)10-14-11-19(2)16-9-4-3-8-15(14)16/h3-9,11H,10,18H2,1-2H3. The van der Waals surface area contributed by atoms with Crippen molar-refractivity contribution in [2.24, 2.45) is 7.05 Å². The number of nitrogen functional groups attached to an aromatic ring is 1. The van der Waals surface area contributed by atoms with E-state index < -0.39 is 0 Å². The highest BCUT2D eigenvalue weighted by Gasteiger charge is 2.09. The van der Waals surface area contributed by atoms with Gasteiger partial charge in [0.1, 0.15) is 0 Å². The van der Waals surface area contributed by atoms with Crippen molar-refractivity contribution >= 4 is 16.6 Å². The molecular formula is C17H18N2. The van der Waals surface area contributed by atoms with Crippen molar-refractivity contribution in [2.75, 3.05) is 5.73 Å². The summed E-state index contributed by atoms with van der Waals surface area (Å²) in [6.07, 6.45) is 3.08. The number of aryl methyl sites for hydroxylation is 2. The summed E-state index contributed by atoms with van der Waals surface area (Å²) in [6, 6.07) is 14.7. The number of nitrogens with zero attached hydrogens (tertiary/aromatic N) is 1. The summed E-state index contributed by atoms with van der Waals surface area (Å²) in [6.45, 7) is 2.06. The summed E-state index contributed by atoms with van der Waals surface area (Å²) >= 11 is 0. The zero-order valence-electron chi connectivity index (χ0n) is 11.4. The molecular weight excluding hydrogens is 232 g/mol. The molecule has 2 N–H and O–H groups in total. The first-order valence-electron chi connectivity index (χ1n) is 6.53. The molecule has 3 rings (SSSR count). The van der Waals surface area contributed by atoms with Crippen LogP contribution in [0.15, 0.2) is 48.7 Å². The third-order valence-corrected chi connectivity index (χ3v) is 3.77. The van der Waals surface area contributed by atoms with Gasteiger partial charge in [0.15, 0.2) is 0 Å². The Hall–Kier alpha value is -2.22. The molecule has 0 amide bonds. The molecule has 1 heterocycles. The summed E-state index contributed by atoms with van der Waals surface area (Å²) in [5.41, 5.74) is 12.0. The Morgan fingerprint density at radius 1 is 1.00 bits per heavy atom. The number of nitrogens with two attached hydrogens (primary N) is 1. The van der Waals surface area contributed by atoms with E-state index in [1.807, 2.05) is 0 Å². The van der Waals surface area contributed by atoms with Crippen LogP contribution in [0.25, 0.3) is 10.9 Å². The van der Waals surface area contributed by atoms with E-state index in [2.05, 4.69) is 67.2 Å². The largest absolute Gasteiger partial charge is 0.398 e.